The van der Waals surface area contributed by atoms with E-state index in [-0.39, 0.29) is 11.6 Å². The van der Waals surface area contributed by atoms with Crippen molar-refractivity contribution in [3.05, 3.63) is 76.0 Å². The standard InChI is InChI=1S/C21H18N4O3S/c1-13-10-19(26)25-18(12-29-21(25)22-13)14-4-3-5-16(11-14)24-20(27)23-15-6-8-17(28-2)9-7-15/h3-12H,1-2H3,(H2,23,24,27). The topological polar surface area (TPSA) is 84.7 Å². The van der Waals surface area contributed by atoms with Gasteiger partial charge in [0, 0.05) is 34.1 Å². The van der Waals surface area contributed by atoms with E-state index in [1.165, 1.54) is 17.4 Å². The largest absolute Gasteiger partial charge is 0.497 e. The SMILES string of the molecule is COc1ccc(NC(=O)Nc2cccc(-c3csc4nc(C)cc(=O)n34)c2)cc1. The fourth-order valence-electron chi connectivity index (χ4n) is 2.95. The maximum Gasteiger partial charge on any atom is 0.323 e. The van der Waals surface area contributed by atoms with Crippen LogP contribution in [0.1, 0.15) is 5.69 Å². The molecular weight excluding hydrogens is 388 g/mol. The molecule has 0 fully saturated rings. The van der Waals surface area contributed by atoms with Crippen molar-refractivity contribution >= 4 is 33.7 Å². The van der Waals surface area contributed by atoms with Gasteiger partial charge >= 0.3 is 6.03 Å². The molecule has 0 saturated carbocycles. The van der Waals surface area contributed by atoms with Crippen molar-refractivity contribution in [1.29, 1.82) is 0 Å². The first-order chi connectivity index (χ1) is 14.0. The van der Waals surface area contributed by atoms with Crippen LogP contribution in [-0.2, 0) is 0 Å². The van der Waals surface area contributed by atoms with E-state index in [1.807, 2.05) is 23.6 Å². The number of benzene rings is 2. The van der Waals surface area contributed by atoms with Gasteiger partial charge in [0.25, 0.3) is 5.56 Å². The van der Waals surface area contributed by atoms with E-state index in [2.05, 4.69) is 15.6 Å². The molecule has 0 aliphatic rings. The average molecular weight is 406 g/mol. The first-order valence-corrected chi connectivity index (χ1v) is 9.72. The molecule has 0 bridgehead atoms. The Bertz CT molecular complexity index is 1250. The molecule has 7 nitrogen and oxygen atoms in total. The first-order valence-electron chi connectivity index (χ1n) is 8.84. The van der Waals surface area contributed by atoms with Gasteiger partial charge in [0.2, 0.25) is 0 Å². The minimum Gasteiger partial charge on any atom is -0.497 e. The zero-order valence-corrected chi connectivity index (χ0v) is 16.6. The molecule has 0 spiro atoms. The van der Waals surface area contributed by atoms with Crippen LogP contribution < -0.4 is 20.9 Å². The molecule has 2 aromatic heterocycles. The number of fused-ring (bicyclic) bond motifs is 1. The van der Waals surface area contributed by atoms with Crippen molar-refractivity contribution in [2.75, 3.05) is 17.7 Å². The molecule has 0 saturated heterocycles. The molecule has 0 unspecified atom stereocenters. The normalized spacial score (nSPS) is 10.7. The number of ether oxygens (including phenoxy) is 1. The van der Waals surface area contributed by atoms with Crippen LogP contribution >= 0.6 is 11.3 Å². The van der Waals surface area contributed by atoms with Gasteiger partial charge in [-0.1, -0.05) is 12.1 Å². The van der Waals surface area contributed by atoms with Gasteiger partial charge in [-0.25, -0.2) is 9.78 Å². The molecule has 8 heteroatoms. The predicted octanol–water partition coefficient (Wildman–Crippen LogP) is 4.38. The van der Waals surface area contributed by atoms with E-state index in [0.29, 0.717) is 27.8 Å². The minimum atomic E-state index is -0.364. The molecule has 29 heavy (non-hydrogen) atoms. The van der Waals surface area contributed by atoms with Crippen LogP contribution in [0.25, 0.3) is 16.2 Å². The van der Waals surface area contributed by atoms with Gasteiger partial charge in [-0.3, -0.25) is 9.20 Å². The number of nitrogens with zero attached hydrogens (tertiary/aromatic N) is 2. The Morgan fingerprint density at radius 1 is 1.07 bits per heavy atom. The van der Waals surface area contributed by atoms with Crippen molar-refractivity contribution in [3.63, 3.8) is 0 Å². The zero-order chi connectivity index (χ0) is 20.4. The quantitative estimate of drug-likeness (QED) is 0.527. The van der Waals surface area contributed by atoms with Gasteiger partial charge in [0.05, 0.1) is 12.8 Å². The third-order valence-corrected chi connectivity index (χ3v) is 5.12. The van der Waals surface area contributed by atoms with Gasteiger partial charge in [0.1, 0.15) is 5.75 Å². The molecule has 2 aromatic carbocycles. The van der Waals surface area contributed by atoms with Crippen LogP contribution in [0.15, 0.2) is 64.8 Å². The minimum absolute atomic E-state index is 0.126. The Labute approximate surface area is 170 Å². The Morgan fingerprint density at radius 3 is 2.59 bits per heavy atom. The van der Waals surface area contributed by atoms with Crippen LogP contribution in [0.3, 0.4) is 0 Å². The van der Waals surface area contributed by atoms with Gasteiger partial charge < -0.3 is 15.4 Å². The lowest BCUT2D eigenvalue weighted by Gasteiger charge is -2.10. The Morgan fingerprint density at radius 2 is 1.83 bits per heavy atom. The lowest BCUT2D eigenvalue weighted by atomic mass is 10.1. The first kappa shape index (κ1) is 18.7. The summed E-state index contributed by atoms with van der Waals surface area (Å²) in [6.45, 7) is 1.80. The summed E-state index contributed by atoms with van der Waals surface area (Å²) in [4.78, 5) is 29.8. The lowest BCUT2D eigenvalue weighted by Crippen LogP contribution is -2.19. The highest BCUT2D eigenvalue weighted by Gasteiger charge is 2.11. The van der Waals surface area contributed by atoms with E-state index in [1.54, 1.807) is 48.8 Å². The van der Waals surface area contributed by atoms with E-state index >= 15 is 0 Å². The third-order valence-electron chi connectivity index (χ3n) is 4.30. The second-order valence-electron chi connectivity index (χ2n) is 6.36. The van der Waals surface area contributed by atoms with Gasteiger partial charge in [-0.05, 0) is 43.3 Å². The molecule has 0 aliphatic heterocycles. The molecule has 2 amide bonds. The predicted molar refractivity (Wildman–Crippen MR) is 115 cm³/mol. The zero-order valence-electron chi connectivity index (χ0n) is 15.8. The summed E-state index contributed by atoms with van der Waals surface area (Å²) in [5.41, 5.74) is 3.37. The maximum atomic E-state index is 12.4. The number of anilines is 2. The number of hydrogen-bond acceptors (Lipinski definition) is 5. The summed E-state index contributed by atoms with van der Waals surface area (Å²) >= 11 is 1.40. The number of nitrogens with one attached hydrogen (secondary N) is 2. The van der Waals surface area contributed by atoms with Crippen LogP contribution in [0, 0.1) is 6.92 Å². The fourth-order valence-corrected chi connectivity index (χ4v) is 3.90. The molecule has 0 atom stereocenters. The smallest absolute Gasteiger partial charge is 0.323 e. The molecule has 4 rings (SSSR count). The number of thiazole rings is 1. The Kier molecular flexibility index (Phi) is 5.01. The number of carbonyl (C=O) groups excluding carboxylic acids is 1. The molecule has 0 radical (unpaired) electrons. The summed E-state index contributed by atoms with van der Waals surface area (Å²) in [5, 5.41) is 7.47. The number of rotatable bonds is 4. The van der Waals surface area contributed by atoms with Crippen LogP contribution in [0.5, 0.6) is 5.75 Å². The van der Waals surface area contributed by atoms with E-state index in [4.69, 9.17) is 4.74 Å². The maximum absolute atomic E-state index is 12.4. The monoisotopic (exact) mass is 406 g/mol. The van der Waals surface area contributed by atoms with Crippen molar-refractivity contribution in [2.45, 2.75) is 6.92 Å². The second kappa shape index (κ2) is 7.76. The number of hydrogen-bond donors (Lipinski definition) is 2. The highest BCUT2D eigenvalue weighted by Crippen LogP contribution is 2.26. The van der Waals surface area contributed by atoms with Crippen LogP contribution in [0.4, 0.5) is 16.2 Å². The molecular formula is C21H18N4O3S. The van der Waals surface area contributed by atoms with Gasteiger partial charge in [0.15, 0.2) is 4.96 Å². The fraction of sp³-hybridized carbons (Fsp3) is 0.0952. The summed E-state index contributed by atoms with van der Waals surface area (Å²) in [6.07, 6.45) is 0. The molecule has 146 valence electrons. The van der Waals surface area contributed by atoms with E-state index in [9.17, 15) is 9.59 Å². The Balaban J connectivity index is 1.56. The summed E-state index contributed by atoms with van der Waals surface area (Å²) in [6, 6.07) is 15.5. The number of aryl methyl sites for hydroxylation is 1. The summed E-state index contributed by atoms with van der Waals surface area (Å²) in [5.74, 6) is 0.714. The number of aromatic nitrogens is 2. The Hall–Kier alpha value is -3.65. The van der Waals surface area contributed by atoms with Gasteiger partial charge in [-0.2, -0.15) is 0 Å². The molecule has 2 heterocycles. The van der Waals surface area contributed by atoms with Crippen LogP contribution in [0.2, 0.25) is 0 Å². The number of urea groups is 1. The van der Waals surface area contributed by atoms with Crippen molar-refractivity contribution in [2.24, 2.45) is 0 Å². The molecule has 2 N–H and O–H groups in total. The van der Waals surface area contributed by atoms with E-state index < -0.39 is 0 Å². The average Bonchev–Trinajstić information content (AvgIpc) is 3.13. The van der Waals surface area contributed by atoms with E-state index in [0.717, 1.165) is 11.3 Å². The highest BCUT2D eigenvalue weighted by molar-refractivity contribution is 7.15. The second-order valence-corrected chi connectivity index (χ2v) is 7.20. The van der Waals surface area contributed by atoms with Crippen LogP contribution in [-0.4, -0.2) is 22.5 Å². The number of amides is 2. The van der Waals surface area contributed by atoms with Crippen molar-refractivity contribution < 1.29 is 9.53 Å². The third kappa shape index (κ3) is 3.97. The van der Waals surface area contributed by atoms with Crippen molar-refractivity contribution in [1.82, 2.24) is 9.38 Å². The van der Waals surface area contributed by atoms with Crippen molar-refractivity contribution in [3.8, 4) is 17.0 Å². The number of carbonyl (C=O) groups is 1. The molecule has 4 aromatic rings. The highest BCUT2D eigenvalue weighted by atomic mass is 32.1. The molecule has 0 aliphatic carbocycles. The van der Waals surface area contributed by atoms with Gasteiger partial charge in [-0.15, -0.1) is 11.3 Å². The summed E-state index contributed by atoms with van der Waals surface area (Å²) < 4.78 is 6.69. The summed E-state index contributed by atoms with van der Waals surface area (Å²) in [7, 11) is 1.59. The lowest BCUT2D eigenvalue weighted by molar-refractivity contribution is 0.262. The number of methoxy groups -OCH3 is 1.